The number of hydrogen-bond acceptors (Lipinski definition) is 3. The van der Waals surface area contributed by atoms with E-state index in [1.807, 2.05) is 18.1 Å². The standard InChI is InChI=1S/C17H29N5O/c1-20-13-16(12-19-20)11-18-17(23)22-9-7-21(8-10-22)14-15-5-3-2-4-6-15/h12-13,15H,2-11,14H2,1H3,(H,18,23). The lowest BCUT2D eigenvalue weighted by Crippen LogP contribution is -2.52. The first-order chi connectivity index (χ1) is 11.2. The lowest BCUT2D eigenvalue weighted by Gasteiger charge is -2.37. The molecule has 1 N–H and O–H groups in total. The maximum atomic E-state index is 12.2. The third kappa shape index (κ3) is 4.70. The minimum absolute atomic E-state index is 0.0474. The van der Waals surface area contributed by atoms with Gasteiger partial charge < -0.3 is 10.2 Å². The van der Waals surface area contributed by atoms with E-state index in [4.69, 9.17) is 0 Å². The molecule has 23 heavy (non-hydrogen) atoms. The number of carbonyl (C=O) groups is 1. The fraction of sp³-hybridized carbons (Fsp3) is 0.765. The van der Waals surface area contributed by atoms with Gasteiger partial charge in [0, 0.05) is 58.1 Å². The van der Waals surface area contributed by atoms with Crippen LogP contribution in [-0.4, -0.2) is 58.3 Å². The molecule has 1 aromatic rings. The molecule has 2 heterocycles. The summed E-state index contributed by atoms with van der Waals surface area (Å²) in [5.41, 5.74) is 1.04. The van der Waals surface area contributed by atoms with E-state index in [9.17, 15) is 4.79 Å². The molecule has 6 heteroatoms. The van der Waals surface area contributed by atoms with Crippen molar-refractivity contribution in [2.24, 2.45) is 13.0 Å². The summed E-state index contributed by atoms with van der Waals surface area (Å²) in [4.78, 5) is 16.7. The molecule has 1 aliphatic heterocycles. The molecule has 1 saturated carbocycles. The first-order valence-electron chi connectivity index (χ1n) is 8.93. The second kappa shape index (κ2) is 7.81. The van der Waals surface area contributed by atoms with Gasteiger partial charge in [-0.2, -0.15) is 5.10 Å². The molecular formula is C17H29N5O. The van der Waals surface area contributed by atoms with Crippen molar-refractivity contribution in [2.75, 3.05) is 32.7 Å². The van der Waals surface area contributed by atoms with Gasteiger partial charge in [0.1, 0.15) is 0 Å². The number of nitrogens with zero attached hydrogens (tertiary/aromatic N) is 4. The van der Waals surface area contributed by atoms with E-state index >= 15 is 0 Å². The Morgan fingerprint density at radius 1 is 1.22 bits per heavy atom. The van der Waals surface area contributed by atoms with E-state index in [-0.39, 0.29) is 6.03 Å². The summed E-state index contributed by atoms with van der Waals surface area (Å²) in [6, 6.07) is 0.0474. The Hall–Kier alpha value is -1.56. The van der Waals surface area contributed by atoms with Crippen LogP contribution in [0.1, 0.15) is 37.7 Å². The van der Waals surface area contributed by atoms with Crippen LogP contribution >= 0.6 is 0 Å². The molecule has 2 aliphatic rings. The normalized spacial score (nSPS) is 20.7. The molecule has 128 valence electrons. The van der Waals surface area contributed by atoms with Gasteiger partial charge in [-0.25, -0.2) is 4.79 Å². The molecule has 1 aromatic heterocycles. The summed E-state index contributed by atoms with van der Waals surface area (Å²) in [6.45, 7) is 5.48. The van der Waals surface area contributed by atoms with Crippen molar-refractivity contribution in [1.82, 2.24) is 24.9 Å². The number of urea groups is 1. The zero-order valence-corrected chi connectivity index (χ0v) is 14.2. The van der Waals surface area contributed by atoms with Crippen molar-refractivity contribution in [1.29, 1.82) is 0 Å². The fourth-order valence-corrected chi connectivity index (χ4v) is 3.72. The monoisotopic (exact) mass is 319 g/mol. The molecule has 2 amide bonds. The molecule has 3 rings (SSSR count). The molecule has 0 aromatic carbocycles. The lowest BCUT2D eigenvalue weighted by atomic mass is 9.89. The highest BCUT2D eigenvalue weighted by atomic mass is 16.2. The molecule has 0 spiro atoms. The minimum atomic E-state index is 0.0474. The number of aryl methyl sites for hydroxylation is 1. The average Bonchev–Trinajstić information content (AvgIpc) is 3.00. The van der Waals surface area contributed by atoms with Crippen LogP contribution in [0, 0.1) is 5.92 Å². The van der Waals surface area contributed by atoms with Crippen molar-refractivity contribution >= 4 is 6.03 Å². The van der Waals surface area contributed by atoms with E-state index in [2.05, 4.69) is 15.3 Å². The van der Waals surface area contributed by atoms with Gasteiger partial charge in [0.05, 0.1) is 6.20 Å². The number of aromatic nitrogens is 2. The Morgan fingerprint density at radius 3 is 2.61 bits per heavy atom. The second-order valence-corrected chi connectivity index (χ2v) is 6.97. The van der Waals surface area contributed by atoms with E-state index in [1.165, 1.54) is 38.6 Å². The van der Waals surface area contributed by atoms with E-state index in [1.54, 1.807) is 10.9 Å². The van der Waals surface area contributed by atoms with Crippen LogP contribution < -0.4 is 5.32 Å². The minimum Gasteiger partial charge on any atom is -0.334 e. The van der Waals surface area contributed by atoms with Crippen LogP contribution in [0.2, 0.25) is 0 Å². The van der Waals surface area contributed by atoms with Gasteiger partial charge in [-0.05, 0) is 18.8 Å². The molecule has 0 atom stereocenters. The van der Waals surface area contributed by atoms with Gasteiger partial charge in [-0.15, -0.1) is 0 Å². The number of amides is 2. The van der Waals surface area contributed by atoms with Gasteiger partial charge in [0.2, 0.25) is 0 Å². The molecule has 2 fully saturated rings. The Labute approximate surface area is 138 Å². The van der Waals surface area contributed by atoms with E-state index in [0.29, 0.717) is 6.54 Å². The van der Waals surface area contributed by atoms with Crippen LogP contribution in [0.4, 0.5) is 4.79 Å². The summed E-state index contributed by atoms with van der Waals surface area (Å²) in [6.07, 6.45) is 10.7. The maximum Gasteiger partial charge on any atom is 0.317 e. The Balaban J connectivity index is 1.37. The summed E-state index contributed by atoms with van der Waals surface area (Å²) in [5, 5.41) is 7.11. The van der Waals surface area contributed by atoms with Crippen molar-refractivity contribution < 1.29 is 4.79 Å². The molecule has 1 aliphatic carbocycles. The lowest BCUT2D eigenvalue weighted by molar-refractivity contribution is 0.119. The van der Waals surface area contributed by atoms with Crippen LogP contribution in [0.25, 0.3) is 0 Å². The molecule has 0 unspecified atom stereocenters. The number of carbonyl (C=O) groups excluding carboxylic acids is 1. The molecule has 0 bridgehead atoms. The molecular weight excluding hydrogens is 290 g/mol. The zero-order valence-electron chi connectivity index (χ0n) is 14.2. The Morgan fingerprint density at radius 2 is 1.96 bits per heavy atom. The van der Waals surface area contributed by atoms with Crippen LogP contribution in [0.15, 0.2) is 12.4 Å². The molecule has 1 saturated heterocycles. The highest BCUT2D eigenvalue weighted by Crippen LogP contribution is 2.24. The Kier molecular flexibility index (Phi) is 5.54. The predicted octanol–water partition coefficient (Wildman–Crippen LogP) is 1.83. The topological polar surface area (TPSA) is 53.4 Å². The smallest absolute Gasteiger partial charge is 0.317 e. The number of nitrogens with one attached hydrogen (secondary N) is 1. The fourth-order valence-electron chi connectivity index (χ4n) is 3.72. The van der Waals surface area contributed by atoms with Gasteiger partial charge in [-0.1, -0.05) is 19.3 Å². The molecule has 0 radical (unpaired) electrons. The third-order valence-corrected chi connectivity index (χ3v) is 5.10. The van der Waals surface area contributed by atoms with Crippen molar-refractivity contribution in [3.8, 4) is 0 Å². The van der Waals surface area contributed by atoms with E-state index < -0.39 is 0 Å². The zero-order chi connectivity index (χ0) is 16.1. The first-order valence-corrected chi connectivity index (χ1v) is 8.93. The number of rotatable bonds is 4. The van der Waals surface area contributed by atoms with Gasteiger partial charge >= 0.3 is 6.03 Å². The van der Waals surface area contributed by atoms with Gasteiger partial charge in [-0.3, -0.25) is 9.58 Å². The third-order valence-electron chi connectivity index (χ3n) is 5.10. The first kappa shape index (κ1) is 16.3. The number of hydrogen-bond donors (Lipinski definition) is 1. The number of piperazine rings is 1. The van der Waals surface area contributed by atoms with E-state index in [0.717, 1.165) is 37.7 Å². The summed E-state index contributed by atoms with van der Waals surface area (Å²) in [7, 11) is 1.89. The second-order valence-electron chi connectivity index (χ2n) is 6.97. The van der Waals surface area contributed by atoms with Crippen molar-refractivity contribution in [3.63, 3.8) is 0 Å². The highest BCUT2D eigenvalue weighted by molar-refractivity contribution is 5.74. The molecule has 6 nitrogen and oxygen atoms in total. The summed E-state index contributed by atoms with van der Waals surface area (Å²) in [5.74, 6) is 0.884. The van der Waals surface area contributed by atoms with Crippen LogP contribution in [0.3, 0.4) is 0 Å². The quantitative estimate of drug-likeness (QED) is 0.921. The average molecular weight is 319 g/mol. The summed E-state index contributed by atoms with van der Waals surface area (Å²) >= 11 is 0. The van der Waals surface area contributed by atoms with Crippen LogP contribution in [-0.2, 0) is 13.6 Å². The largest absolute Gasteiger partial charge is 0.334 e. The SMILES string of the molecule is Cn1cc(CNC(=O)N2CCN(CC3CCCCC3)CC2)cn1. The highest BCUT2D eigenvalue weighted by Gasteiger charge is 2.23. The Bertz CT molecular complexity index is 501. The summed E-state index contributed by atoms with van der Waals surface area (Å²) < 4.78 is 1.76. The maximum absolute atomic E-state index is 12.2. The van der Waals surface area contributed by atoms with Crippen molar-refractivity contribution in [3.05, 3.63) is 18.0 Å². The van der Waals surface area contributed by atoms with Crippen molar-refractivity contribution in [2.45, 2.75) is 38.6 Å². The predicted molar refractivity (Wildman–Crippen MR) is 90.0 cm³/mol. The van der Waals surface area contributed by atoms with Gasteiger partial charge in [0.25, 0.3) is 0 Å². The van der Waals surface area contributed by atoms with Gasteiger partial charge in [0.15, 0.2) is 0 Å². The van der Waals surface area contributed by atoms with Crippen LogP contribution in [0.5, 0.6) is 0 Å².